The van der Waals surface area contributed by atoms with Gasteiger partial charge in [0, 0.05) is 36.2 Å². The molecule has 11 heteroatoms. The summed E-state index contributed by atoms with van der Waals surface area (Å²) < 4.78 is 33.1. The maximum atomic E-state index is 13.2. The smallest absolute Gasteiger partial charge is 0.255 e. The lowest BCUT2D eigenvalue weighted by Crippen LogP contribution is -2.35. The lowest BCUT2D eigenvalue weighted by atomic mass is 10.1. The quantitative estimate of drug-likeness (QED) is 0.512. The number of methoxy groups -OCH3 is 1. The van der Waals surface area contributed by atoms with Crippen LogP contribution in [0, 0.1) is 6.92 Å². The molecule has 0 spiro atoms. The first-order valence-electron chi connectivity index (χ1n) is 11.3. The maximum absolute atomic E-state index is 13.2. The Morgan fingerprint density at radius 2 is 1.94 bits per heavy atom. The van der Waals surface area contributed by atoms with Crippen LogP contribution in [0.25, 0.3) is 11.5 Å². The summed E-state index contributed by atoms with van der Waals surface area (Å²) in [6, 6.07) is 9.73. The van der Waals surface area contributed by atoms with Gasteiger partial charge in [-0.1, -0.05) is 12.5 Å². The third kappa shape index (κ3) is 5.41. The van der Waals surface area contributed by atoms with E-state index in [4.69, 9.17) is 4.74 Å². The number of benzene rings is 1. The molecule has 1 saturated heterocycles. The number of piperidine rings is 1. The molecule has 10 nitrogen and oxygen atoms in total. The molecular weight excluding hydrogens is 470 g/mol. The molecular formula is C24H27N5O5S. The standard InChI is InChI=1S/C24H27N5O5S/c1-16-18(24(31)28-23(26-16)19-8-4-5-11-25-19)15-22(30)27-17-9-10-20(34-2)21(14-17)35(32,33)29-12-6-3-7-13-29/h4-5,8-11,14H,3,6-7,12-13,15H2,1-2H3,(H,27,30)(H,26,28,31). The number of carbonyl (C=O) groups is 1. The summed E-state index contributed by atoms with van der Waals surface area (Å²) in [6.45, 7) is 2.55. The first kappa shape index (κ1) is 24.6. The van der Waals surface area contributed by atoms with Crippen LogP contribution < -0.4 is 15.6 Å². The van der Waals surface area contributed by atoms with Crippen LogP contribution in [0.15, 0.2) is 52.3 Å². The van der Waals surface area contributed by atoms with E-state index in [0.29, 0.717) is 36.0 Å². The molecule has 1 fully saturated rings. The van der Waals surface area contributed by atoms with E-state index in [-0.39, 0.29) is 22.6 Å². The van der Waals surface area contributed by atoms with E-state index in [1.807, 2.05) is 0 Å². The Labute approximate surface area is 203 Å². The molecule has 2 aromatic heterocycles. The zero-order valence-electron chi connectivity index (χ0n) is 19.6. The largest absolute Gasteiger partial charge is 0.495 e. The highest BCUT2D eigenvalue weighted by molar-refractivity contribution is 7.89. The fourth-order valence-corrected chi connectivity index (χ4v) is 5.71. The molecule has 0 saturated carbocycles. The maximum Gasteiger partial charge on any atom is 0.255 e. The zero-order valence-corrected chi connectivity index (χ0v) is 20.4. The number of nitrogens with zero attached hydrogens (tertiary/aromatic N) is 3. The number of sulfonamides is 1. The van der Waals surface area contributed by atoms with Crippen molar-refractivity contribution in [1.29, 1.82) is 0 Å². The fourth-order valence-electron chi connectivity index (χ4n) is 4.01. The van der Waals surface area contributed by atoms with Gasteiger partial charge < -0.3 is 15.0 Å². The van der Waals surface area contributed by atoms with Crippen LogP contribution in [-0.4, -0.2) is 53.8 Å². The van der Waals surface area contributed by atoms with Gasteiger partial charge in [-0.05, 0) is 50.1 Å². The van der Waals surface area contributed by atoms with Crippen molar-refractivity contribution in [2.75, 3.05) is 25.5 Å². The summed E-state index contributed by atoms with van der Waals surface area (Å²) in [5.41, 5.74) is 1.00. The summed E-state index contributed by atoms with van der Waals surface area (Å²) in [5.74, 6) is 0.0487. The monoisotopic (exact) mass is 497 g/mol. The Bertz CT molecular complexity index is 1380. The zero-order chi connectivity index (χ0) is 25.0. The molecule has 0 bridgehead atoms. The Hall–Kier alpha value is -3.57. The lowest BCUT2D eigenvalue weighted by Gasteiger charge is -2.26. The Morgan fingerprint density at radius 3 is 2.60 bits per heavy atom. The lowest BCUT2D eigenvalue weighted by molar-refractivity contribution is -0.115. The molecule has 3 heterocycles. The van der Waals surface area contributed by atoms with Gasteiger partial charge in [-0.2, -0.15) is 4.31 Å². The van der Waals surface area contributed by atoms with Crippen molar-refractivity contribution in [3.05, 3.63) is 64.2 Å². The van der Waals surface area contributed by atoms with Gasteiger partial charge in [0.15, 0.2) is 5.82 Å². The van der Waals surface area contributed by atoms with Gasteiger partial charge in [-0.25, -0.2) is 13.4 Å². The molecule has 0 aliphatic carbocycles. The van der Waals surface area contributed by atoms with Crippen LogP contribution in [0.2, 0.25) is 0 Å². The molecule has 3 aromatic rings. The van der Waals surface area contributed by atoms with Gasteiger partial charge in [-0.15, -0.1) is 0 Å². The van der Waals surface area contributed by atoms with Crippen molar-refractivity contribution in [1.82, 2.24) is 19.3 Å². The molecule has 184 valence electrons. The molecule has 2 N–H and O–H groups in total. The number of hydrogen-bond donors (Lipinski definition) is 2. The number of amides is 1. The minimum absolute atomic E-state index is 0.00453. The Balaban J connectivity index is 1.55. The van der Waals surface area contributed by atoms with E-state index < -0.39 is 21.5 Å². The van der Waals surface area contributed by atoms with E-state index in [0.717, 1.165) is 19.3 Å². The topological polar surface area (TPSA) is 134 Å². The van der Waals surface area contributed by atoms with Crippen LogP contribution in [0.1, 0.15) is 30.5 Å². The van der Waals surface area contributed by atoms with Crippen LogP contribution in [0.4, 0.5) is 5.69 Å². The highest BCUT2D eigenvalue weighted by Crippen LogP contribution is 2.31. The number of aromatic nitrogens is 3. The number of nitrogens with one attached hydrogen (secondary N) is 2. The van der Waals surface area contributed by atoms with Crippen LogP contribution >= 0.6 is 0 Å². The van der Waals surface area contributed by atoms with Gasteiger partial charge in [0.25, 0.3) is 5.56 Å². The predicted molar refractivity (Wildman–Crippen MR) is 131 cm³/mol. The molecule has 35 heavy (non-hydrogen) atoms. The van der Waals surface area contributed by atoms with Crippen LogP contribution in [0.5, 0.6) is 5.75 Å². The number of carbonyl (C=O) groups excluding carboxylic acids is 1. The molecule has 0 atom stereocenters. The molecule has 0 unspecified atom stereocenters. The van der Waals surface area contributed by atoms with Crippen molar-refractivity contribution >= 4 is 21.6 Å². The number of rotatable bonds is 7. The van der Waals surface area contributed by atoms with Crippen molar-refractivity contribution in [2.24, 2.45) is 0 Å². The number of pyridine rings is 1. The molecule has 1 amide bonds. The van der Waals surface area contributed by atoms with Crippen molar-refractivity contribution in [3.63, 3.8) is 0 Å². The first-order valence-corrected chi connectivity index (χ1v) is 12.7. The minimum Gasteiger partial charge on any atom is -0.495 e. The average molecular weight is 498 g/mol. The average Bonchev–Trinajstić information content (AvgIpc) is 2.87. The third-order valence-electron chi connectivity index (χ3n) is 5.85. The number of aryl methyl sites for hydroxylation is 1. The summed E-state index contributed by atoms with van der Waals surface area (Å²) in [7, 11) is -2.38. The number of anilines is 1. The highest BCUT2D eigenvalue weighted by atomic mass is 32.2. The van der Waals surface area contributed by atoms with Gasteiger partial charge in [-0.3, -0.25) is 14.6 Å². The van der Waals surface area contributed by atoms with Gasteiger partial charge in [0.1, 0.15) is 16.3 Å². The van der Waals surface area contributed by atoms with E-state index >= 15 is 0 Å². The van der Waals surface area contributed by atoms with Crippen molar-refractivity contribution < 1.29 is 17.9 Å². The summed E-state index contributed by atoms with van der Waals surface area (Å²) >= 11 is 0. The normalized spacial score (nSPS) is 14.5. The van der Waals surface area contributed by atoms with Crippen molar-refractivity contribution in [3.8, 4) is 17.3 Å². The summed E-state index contributed by atoms with van der Waals surface area (Å²) in [6.07, 6.45) is 3.98. The van der Waals surface area contributed by atoms with Crippen LogP contribution in [0.3, 0.4) is 0 Å². The minimum atomic E-state index is -3.78. The third-order valence-corrected chi connectivity index (χ3v) is 7.77. The molecule has 0 radical (unpaired) electrons. The Morgan fingerprint density at radius 1 is 1.17 bits per heavy atom. The molecule has 1 aliphatic rings. The van der Waals surface area contributed by atoms with E-state index in [1.54, 1.807) is 37.4 Å². The number of hydrogen-bond acceptors (Lipinski definition) is 7. The number of aromatic amines is 1. The van der Waals surface area contributed by atoms with E-state index in [2.05, 4.69) is 20.3 Å². The molecule has 1 aromatic carbocycles. The fraction of sp³-hybridized carbons (Fsp3) is 0.333. The summed E-state index contributed by atoms with van der Waals surface area (Å²) in [5, 5.41) is 2.69. The molecule has 4 rings (SSSR count). The van der Waals surface area contributed by atoms with Gasteiger partial charge >= 0.3 is 0 Å². The van der Waals surface area contributed by atoms with Crippen molar-refractivity contribution in [2.45, 2.75) is 37.5 Å². The first-order chi connectivity index (χ1) is 16.8. The summed E-state index contributed by atoms with van der Waals surface area (Å²) in [4.78, 5) is 36.7. The highest BCUT2D eigenvalue weighted by Gasteiger charge is 2.29. The van der Waals surface area contributed by atoms with Crippen LogP contribution in [-0.2, 0) is 21.2 Å². The number of H-pyrrole nitrogens is 1. The molecule has 1 aliphatic heterocycles. The Kier molecular flexibility index (Phi) is 7.27. The van der Waals surface area contributed by atoms with Gasteiger partial charge in [0.2, 0.25) is 15.9 Å². The second-order valence-corrected chi connectivity index (χ2v) is 10.2. The predicted octanol–water partition coefficient (Wildman–Crippen LogP) is 2.50. The van der Waals surface area contributed by atoms with E-state index in [1.165, 1.54) is 23.5 Å². The second kappa shape index (κ2) is 10.4. The van der Waals surface area contributed by atoms with Gasteiger partial charge in [0.05, 0.1) is 13.5 Å². The number of ether oxygens (including phenoxy) is 1. The second-order valence-electron chi connectivity index (χ2n) is 8.25. The SMILES string of the molecule is COc1ccc(NC(=O)Cc2c(C)nc(-c3ccccn3)[nH]c2=O)cc1S(=O)(=O)N1CCCCC1. The van der Waals surface area contributed by atoms with E-state index in [9.17, 15) is 18.0 Å².